The minimum atomic E-state index is -1.42. The summed E-state index contributed by atoms with van der Waals surface area (Å²) in [6.45, 7) is 19.7. The van der Waals surface area contributed by atoms with E-state index in [4.69, 9.17) is 8.85 Å². The second-order valence-corrected chi connectivity index (χ2v) is 16.0. The molecule has 0 bridgehead atoms. The van der Waals surface area contributed by atoms with E-state index >= 15 is 0 Å². The normalized spacial score (nSPS) is 14.1. The van der Waals surface area contributed by atoms with Crippen molar-refractivity contribution in [3.05, 3.63) is 0 Å². The topological polar surface area (TPSA) is 18.5 Å². The molecule has 0 N–H and O–H groups in total. The van der Waals surface area contributed by atoms with Crippen LogP contribution in [0.15, 0.2) is 0 Å². The Hall–Kier alpha value is 0.354. The fourth-order valence-corrected chi connectivity index (χ4v) is 2.92. The fourth-order valence-electron chi connectivity index (χ4n) is 1.44. The number of hydrogen-bond donors (Lipinski definition) is 0. The van der Waals surface area contributed by atoms with Crippen LogP contribution in [0.5, 0.6) is 0 Å². The van der Waals surface area contributed by atoms with Gasteiger partial charge in [-0.05, 0) is 52.1 Å². The Kier molecular flexibility index (Phi) is 6.64. The summed E-state index contributed by atoms with van der Waals surface area (Å²) >= 11 is 0. The zero-order chi connectivity index (χ0) is 13.7. The van der Waals surface area contributed by atoms with Crippen molar-refractivity contribution in [3.8, 4) is 0 Å². The summed E-state index contributed by atoms with van der Waals surface area (Å²) in [5, 5.41) is 0. The molecule has 0 saturated heterocycles. The first kappa shape index (κ1) is 17.4. The summed E-state index contributed by atoms with van der Waals surface area (Å²) in [6, 6.07) is 0. The lowest BCUT2D eigenvalue weighted by atomic mass is 9.84. The Morgan fingerprint density at radius 2 is 1.00 bits per heavy atom. The molecule has 0 radical (unpaired) electrons. The average Bonchev–Trinajstić information content (AvgIpc) is 2.16. The van der Waals surface area contributed by atoms with Gasteiger partial charge in [0.25, 0.3) is 0 Å². The third-order valence-corrected chi connectivity index (χ3v) is 5.14. The van der Waals surface area contributed by atoms with Crippen molar-refractivity contribution < 1.29 is 8.85 Å². The van der Waals surface area contributed by atoms with Gasteiger partial charge in [-0.3, -0.25) is 0 Å². The van der Waals surface area contributed by atoms with E-state index in [9.17, 15) is 0 Å². The van der Waals surface area contributed by atoms with Gasteiger partial charge in [0.15, 0.2) is 16.6 Å². The van der Waals surface area contributed by atoms with E-state index in [-0.39, 0.29) is 5.41 Å². The van der Waals surface area contributed by atoms with Crippen molar-refractivity contribution in [2.45, 2.75) is 66.0 Å². The monoisotopic (exact) mass is 276 g/mol. The van der Waals surface area contributed by atoms with Crippen molar-refractivity contribution >= 4 is 16.6 Å². The molecule has 2 nitrogen and oxygen atoms in total. The molecule has 4 heteroatoms. The van der Waals surface area contributed by atoms with E-state index in [1.54, 1.807) is 0 Å². The van der Waals surface area contributed by atoms with E-state index in [1.807, 2.05) is 0 Å². The number of rotatable bonds is 8. The highest BCUT2D eigenvalue weighted by atomic mass is 28.4. The van der Waals surface area contributed by atoms with Crippen LogP contribution >= 0.6 is 0 Å². The Labute approximate surface area is 110 Å². The van der Waals surface area contributed by atoms with Crippen LogP contribution < -0.4 is 0 Å². The van der Waals surface area contributed by atoms with Crippen LogP contribution in [0.2, 0.25) is 39.3 Å². The highest BCUT2D eigenvalue weighted by molar-refractivity contribution is 6.70. The summed E-state index contributed by atoms with van der Waals surface area (Å²) in [4.78, 5) is 0. The Bertz CT molecular complexity index is 192. The molecule has 104 valence electrons. The third-order valence-electron chi connectivity index (χ3n) is 3.12. The first-order valence-electron chi connectivity index (χ1n) is 6.81. The van der Waals surface area contributed by atoms with Crippen molar-refractivity contribution in [1.82, 2.24) is 0 Å². The van der Waals surface area contributed by atoms with Gasteiger partial charge in [-0.2, -0.15) is 0 Å². The molecule has 0 spiro atoms. The Morgan fingerprint density at radius 1 is 0.706 bits per heavy atom. The van der Waals surface area contributed by atoms with Crippen LogP contribution in [0.25, 0.3) is 0 Å². The van der Waals surface area contributed by atoms with Crippen molar-refractivity contribution in [2.24, 2.45) is 5.41 Å². The van der Waals surface area contributed by atoms with Gasteiger partial charge in [0.1, 0.15) is 0 Å². The molecular weight excluding hydrogens is 244 g/mol. The van der Waals surface area contributed by atoms with Crippen molar-refractivity contribution in [1.29, 1.82) is 0 Å². The standard InChI is InChI=1S/C13H32O2Si2/c1-9-13(10-2,11-14-16(3,4)5)12-15-17(6,7)8/h9-12H2,1-8H3. The molecule has 0 aliphatic heterocycles. The van der Waals surface area contributed by atoms with Crippen LogP contribution in [0.1, 0.15) is 26.7 Å². The fraction of sp³-hybridized carbons (Fsp3) is 1.00. The highest BCUT2D eigenvalue weighted by Gasteiger charge is 2.31. The summed E-state index contributed by atoms with van der Waals surface area (Å²) < 4.78 is 12.2. The largest absolute Gasteiger partial charge is 0.417 e. The average molecular weight is 277 g/mol. The van der Waals surface area contributed by atoms with Gasteiger partial charge in [-0.25, -0.2) is 0 Å². The molecule has 0 unspecified atom stereocenters. The zero-order valence-electron chi connectivity index (χ0n) is 13.1. The Balaban J connectivity index is 4.46. The van der Waals surface area contributed by atoms with Gasteiger partial charge in [-0.1, -0.05) is 13.8 Å². The molecule has 0 aromatic carbocycles. The quantitative estimate of drug-likeness (QED) is 0.608. The van der Waals surface area contributed by atoms with Gasteiger partial charge < -0.3 is 8.85 Å². The van der Waals surface area contributed by atoms with E-state index in [0.717, 1.165) is 26.1 Å². The van der Waals surface area contributed by atoms with E-state index in [0.29, 0.717) is 0 Å². The maximum Gasteiger partial charge on any atom is 0.183 e. The Morgan fingerprint density at radius 3 is 1.18 bits per heavy atom. The van der Waals surface area contributed by atoms with E-state index in [2.05, 4.69) is 53.1 Å². The van der Waals surface area contributed by atoms with Crippen LogP contribution in [0, 0.1) is 5.41 Å². The second kappa shape index (κ2) is 6.50. The maximum absolute atomic E-state index is 6.12. The van der Waals surface area contributed by atoms with Crippen LogP contribution in [-0.2, 0) is 8.85 Å². The molecule has 0 aromatic rings. The van der Waals surface area contributed by atoms with Gasteiger partial charge >= 0.3 is 0 Å². The van der Waals surface area contributed by atoms with Gasteiger partial charge in [-0.15, -0.1) is 0 Å². The molecule has 0 heterocycles. The molecule has 0 rings (SSSR count). The van der Waals surface area contributed by atoms with Crippen LogP contribution in [-0.4, -0.2) is 29.8 Å². The molecular formula is C13H32O2Si2. The number of hydrogen-bond acceptors (Lipinski definition) is 2. The van der Waals surface area contributed by atoms with Gasteiger partial charge in [0.05, 0.1) is 0 Å². The lowest BCUT2D eigenvalue weighted by Crippen LogP contribution is -2.40. The molecule has 0 amide bonds. The predicted molar refractivity (Wildman–Crippen MR) is 81.6 cm³/mol. The maximum atomic E-state index is 6.12. The summed E-state index contributed by atoms with van der Waals surface area (Å²) in [6.07, 6.45) is 2.27. The molecule has 0 aromatic heterocycles. The zero-order valence-corrected chi connectivity index (χ0v) is 15.1. The molecule has 0 aliphatic rings. The van der Waals surface area contributed by atoms with Crippen LogP contribution in [0.4, 0.5) is 0 Å². The van der Waals surface area contributed by atoms with Crippen molar-refractivity contribution in [3.63, 3.8) is 0 Å². The van der Waals surface area contributed by atoms with E-state index in [1.165, 1.54) is 0 Å². The lowest BCUT2D eigenvalue weighted by molar-refractivity contribution is 0.0640. The molecule has 0 aliphatic carbocycles. The molecule has 0 atom stereocenters. The van der Waals surface area contributed by atoms with Gasteiger partial charge in [0.2, 0.25) is 0 Å². The molecule has 0 saturated carbocycles. The first-order chi connectivity index (χ1) is 7.54. The second-order valence-electron chi connectivity index (χ2n) is 7.01. The van der Waals surface area contributed by atoms with Crippen LogP contribution in [0.3, 0.4) is 0 Å². The minimum Gasteiger partial charge on any atom is -0.417 e. The predicted octanol–water partition coefficient (Wildman–Crippen LogP) is 4.50. The van der Waals surface area contributed by atoms with E-state index < -0.39 is 16.6 Å². The summed E-state index contributed by atoms with van der Waals surface area (Å²) in [5.41, 5.74) is 0.223. The molecule has 0 fully saturated rings. The minimum absolute atomic E-state index is 0.223. The summed E-state index contributed by atoms with van der Waals surface area (Å²) in [5.74, 6) is 0. The smallest absolute Gasteiger partial charge is 0.183 e. The van der Waals surface area contributed by atoms with Gasteiger partial charge in [0, 0.05) is 18.6 Å². The molecule has 17 heavy (non-hydrogen) atoms. The third kappa shape index (κ3) is 8.13. The first-order valence-corrected chi connectivity index (χ1v) is 13.6. The lowest BCUT2D eigenvalue weighted by Gasteiger charge is -2.36. The van der Waals surface area contributed by atoms with Crippen molar-refractivity contribution in [2.75, 3.05) is 13.2 Å². The summed E-state index contributed by atoms with van der Waals surface area (Å²) in [7, 11) is -2.84. The highest BCUT2D eigenvalue weighted by Crippen LogP contribution is 2.29. The SMILES string of the molecule is CCC(CC)(CO[Si](C)(C)C)CO[Si](C)(C)C.